The molecule has 45 heavy (non-hydrogen) atoms. The first-order chi connectivity index (χ1) is 21.0. The van der Waals surface area contributed by atoms with Gasteiger partial charge in [-0.25, -0.2) is 0 Å². The normalized spacial score (nSPS) is 22.6. The Hall–Kier alpha value is -3.73. The molecule has 0 radical (unpaired) electrons. The molecule has 2 unspecified atom stereocenters. The fourth-order valence-corrected chi connectivity index (χ4v) is 4.75. The largest absolute Gasteiger partial charge is 0.469 e. The van der Waals surface area contributed by atoms with E-state index in [0.717, 1.165) is 12.8 Å². The summed E-state index contributed by atoms with van der Waals surface area (Å²) >= 11 is 0. The quantitative estimate of drug-likeness (QED) is 0.293. The molecular formula is C32H38N2O10Pt. The fraction of sp³-hybridized carbons (Fsp3) is 0.438. The summed E-state index contributed by atoms with van der Waals surface area (Å²) in [4.78, 5) is 69.8. The minimum Gasteiger partial charge on any atom is -0.469 e. The maximum absolute atomic E-state index is 11.8. The van der Waals surface area contributed by atoms with Crippen LogP contribution in [0, 0.1) is 11.8 Å². The van der Waals surface area contributed by atoms with Crippen molar-refractivity contribution in [3.63, 3.8) is 0 Å². The Morgan fingerprint density at radius 1 is 0.711 bits per heavy atom. The molecule has 3 aliphatic rings. The summed E-state index contributed by atoms with van der Waals surface area (Å²) < 4.78 is 19.7. The maximum Gasteiger partial charge on any atom is 0.329 e. The first-order valence-corrected chi connectivity index (χ1v) is 14.4. The summed E-state index contributed by atoms with van der Waals surface area (Å²) in [6, 6.07) is 7.46. The summed E-state index contributed by atoms with van der Waals surface area (Å²) in [6.07, 6.45) is 11.0. The van der Waals surface area contributed by atoms with Crippen LogP contribution < -0.4 is 11.5 Å². The van der Waals surface area contributed by atoms with Gasteiger partial charge in [0.2, 0.25) is 0 Å². The van der Waals surface area contributed by atoms with Crippen LogP contribution in [-0.2, 0) is 72.1 Å². The Morgan fingerprint density at radius 3 is 1.38 bits per heavy atom. The number of ether oxygens (including phenoxy) is 2. The van der Waals surface area contributed by atoms with Crippen LogP contribution in [0.2, 0.25) is 0 Å². The molecule has 13 heteroatoms. The van der Waals surface area contributed by atoms with Crippen molar-refractivity contribution in [3.05, 3.63) is 72.0 Å². The predicted octanol–water partition coefficient (Wildman–Crippen LogP) is 3.07. The van der Waals surface area contributed by atoms with Crippen molar-refractivity contribution in [1.82, 2.24) is 0 Å². The standard InChI is InChI=1S/2C13H12O5.C6H14N2.Pt/c2*1-8-7-11(15)12(13(16)18-8)10(14)5-4-9-3-2-6-17-9;7-5-3-1-2-4-6(5)8;/h2*2-3,6-7,12H,4-5H2,1H3;5-6H,1-4,7-8H2;/t;;5-,6-;/m..1./s1. The molecule has 5 rings (SSSR count). The molecule has 2 aromatic rings. The van der Waals surface area contributed by atoms with Gasteiger partial charge in [-0.1, -0.05) is 12.8 Å². The Kier molecular flexibility index (Phi) is 15.2. The number of furan rings is 2. The van der Waals surface area contributed by atoms with E-state index in [9.17, 15) is 28.8 Å². The Bertz CT molecular complexity index is 1290. The van der Waals surface area contributed by atoms with Gasteiger partial charge in [-0.05, 0) is 51.0 Å². The first-order valence-electron chi connectivity index (χ1n) is 14.4. The van der Waals surface area contributed by atoms with E-state index in [1.807, 2.05) is 0 Å². The molecule has 0 amide bonds. The van der Waals surface area contributed by atoms with Crippen LogP contribution in [0.25, 0.3) is 0 Å². The number of cyclic esters (lactones) is 2. The van der Waals surface area contributed by atoms with Gasteiger partial charge >= 0.3 is 11.9 Å². The van der Waals surface area contributed by atoms with Crippen LogP contribution >= 0.6 is 0 Å². The Morgan fingerprint density at radius 2 is 1.09 bits per heavy atom. The van der Waals surface area contributed by atoms with Gasteiger partial charge in [0.1, 0.15) is 23.0 Å². The molecule has 4 atom stereocenters. The zero-order valence-corrected chi connectivity index (χ0v) is 27.4. The number of hydrogen-bond acceptors (Lipinski definition) is 12. The van der Waals surface area contributed by atoms with Crippen molar-refractivity contribution in [2.75, 3.05) is 0 Å². The second-order valence-electron chi connectivity index (χ2n) is 10.7. The molecular weight excluding hydrogens is 767 g/mol. The number of hydrogen-bond donors (Lipinski definition) is 2. The molecule has 0 bridgehead atoms. The molecule has 1 fully saturated rings. The summed E-state index contributed by atoms with van der Waals surface area (Å²) in [5.74, 6) is -4.36. The summed E-state index contributed by atoms with van der Waals surface area (Å²) in [6.45, 7) is 3.00. The average molecular weight is 806 g/mol. The SMILES string of the molecule is CC1=CC(=O)C(C(=O)CCc2ccco2)C(=O)O1.CC1=CC(=O)C(C(=O)CCc2ccco2)C(=O)O1.N[C@@H]1CCCC[C@H]1N.[Pt]. The summed E-state index contributed by atoms with van der Waals surface area (Å²) in [5, 5.41) is 0. The molecule has 2 aromatic heterocycles. The third kappa shape index (κ3) is 11.6. The van der Waals surface area contributed by atoms with Crippen LogP contribution in [0.3, 0.4) is 0 Å². The number of Topliss-reactive ketones (excluding diaryl/α,β-unsaturated/α-hetero) is 2. The third-order valence-electron chi connectivity index (χ3n) is 7.17. The maximum atomic E-state index is 11.8. The number of rotatable bonds is 8. The van der Waals surface area contributed by atoms with Crippen LogP contribution in [0.1, 0.15) is 63.9 Å². The van der Waals surface area contributed by atoms with Crippen LogP contribution in [0.15, 0.2) is 69.3 Å². The van der Waals surface area contributed by atoms with E-state index in [1.54, 1.807) is 24.3 Å². The summed E-state index contributed by atoms with van der Waals surface area (Å²) in [7, 11) is 0. The van der Waals surface area contributed by atoms with Crippen molar-refractivity contribution >= 4 is 35.1 Å². The van der Waals surface area contributed by atoms with Gasteiger partial charge in [-0.3, -0.25) is 28.8 Å². The van der Waals surface area contributed by atoms with E-state index >= 15 is 0 Å². The molecule has 4 N–H and O–H groups in total. The van der Waals surface area contributed by atoms with Crippen molar-refractivity contribution in [1.29, 1.82) is 0 Å². The molecule has 12 nitrogen and oxygen atoms in total. The molecule has 0 aromatic carbocycles. The molecule has 0 spiro atoms. The van der Waals surface area contributed by atoms with Gasteiger partial charge in [-0.2, -0.15) is 0 Å². The molecule has 2 aliphatic heterocycles. The second-order valence-corrected chi connectivity index (χ2v) is 10.7. The molecule has 246 valence electrons. The van der Waals surface area contributed by atoms with Crippen LogP contribution in [-0.4, -0.2) is 47.2 Å². The van der Waals surface area contributed by atoms with E-state index < -0.39 is 46.9 Å². The minimum atomic E-state index is -1.32. The van der Waals surface area contributed by atoms with Crippen molar-refractivity contribution in [2.45, 2.75) is 77.3 Å². The topological polar surface area (TPSA) is 199 Å². The number of carbonyl (C=O) groups is 6. The number of aryl methyl sites for hydroxylation is 2. The van der Waals surface area contributed by atoms with Crippen molar-refractivity contribution in [2.24, 2.45) is 23.3 Å². The Labute approximate surface area is 275 Å². The average Bonchev–Trinajstić information content (AvgIpc) is 3.67. The summed E-state index contributed by atoms with van der Waals surface area (Å²) in [5.41, 5.74) is 11.3. The van der Waals surface area contributed by atoms with Crippen molar-refractivity contribution in [3.8, 4) is 0 Å². The van der Waals surface area contributed by atoms with Gasteiger partial charge in [0.15, 0.2) is 35.0 Å². The van der Waals surface area contributed by atoms with E-state index in [2.05, 4.69) is 0 Å². The second kappa shape index (κ2) is 18.3. The van der Waals surface area contributed by atoms with Crippen LogP contribution in [0.5, 0.6) is 0 Å². The van der Waals surface area contributed by atoms with Gasteiger partial charge in [0.25, 0.3) is 0 Å². The number of carbonyl (C=O) groups excluding carboxylic acids is 6. The first kappa shape index (κ1) is 37.5. The third-order valence-corrected chi connectivity index (χ3v) is 7.17. The number of ketones is 4. The van der Waals surface area contributed by atoms with Crippen molar-refractivity contribution < 1.29 is 68.1 Å². The zero-order valence-electron chi connectivity index (χ0n) is 25.1. The fourth-order valence-electron chi connectivity index (χ4n) is 4.75. The number of nitrogens with two attached hydrogens (primary N) is 2. The van der Waals surface area contributed by atoms with Gasteiger partial charge in [0.05, 0.1) is 12.5 Å². The smallest absolute Gasteiger partial charge is 0.329 e. The Balaban J connectivity index is 0.000000249. The van der Waals surface area contributed by atoms with Gasteiger partial charge in [-0.15, -0.1) is 0 Å². The van der Waals surface area contributed by atoms with E-state index in [0.29, 0.717) is 24.4 Å². The number of allylic oxidation sites excluding steroid dienone is 4. The van der Waals surface area contributed by atoms with E-state index in [4.69, 9.17) is 29.8 Å². The van der Waals surface area contributed by atoms with Gasteiger partial charge in [0, 0.05) is 71.0 Å². The van der Waals surface area contributed by atoms with E-state index in [1.165, 1.54) is 51.4 Å². The molecule has 0 saturated heterocycles. The van der Waals surface area contributed by atoms with Crippen LogP contribution in [0.4, 0.5) is 0 Å². The molecule has 1 aliphatic carbocycles. The monoisotopic (exact) mass is 805 g/mol. The molecule has 1 saturated carbocycles. The zero-order chi connectivity index (χ0) is 32.2. The predicted molar refractivity (Wildman–Crippen MR) is 155 cm³/mol. The number of esters is 2. The van der Waals surface area contributed by atoms with E-state index in [-0.39, 0.29) is 57.5 Å². The molecule has 4 heterocycles. The van der Waals surface area contributed by atoms with Gasteiger partial charge < -0.3 is 29.8 Å². The minimum absolute atomic E-state index is 0.